The molecule has 0 radical (unpaired) electrons. The zero-order chi connectivity index (χ0) is 19.0. The highest BCUT2D eigenvalue weighted by Gasteiger charge is 2.20. The summed E-state index contributed by atoms with van der Waals surface area (Å²) in [6, 6.07) is 11.8. The highest BCUT2D eigenvalue weighted by molar-refractivity contribution is 7.92. The predicted octanol–water partition coefficient (Wildman–Crippen LogP) is 2.80. The van der Waals surface area contributed by atoms with Crippen molar-refractivity contribution in [2.75, 3.05) is 4.72 Å². The lowest BCUT2D eigenvalue weighted by Gasteiger charge is -2.09. The Labute approximate surface area is 157 Å². The first-order chi connectivity index (χ1) is 12.9. The van der Waals surface area contributed by atoms with Crippen LogP contribution < -0.4 is 4.72 Å². The second-order valence-corrected chi connectivity index (χ2v) is 7.47. The molecule has 1 N–H and O–H groups in total. The number of benzene rings is 2. The fraction of sp³-hybridized carbons (Fsp3) is 0. The summed E-state index contributed by atoms with van der Waals surface area (Å²) in [5.41, 5.74) is 1.35. The third-order valence-electron chi connectivity index (χ3n) is 3.62. The van der Waals surface area contributed by atoms with Crippen LogP contribution in [0.5, 0.6) is 0 Å². The fourth-order valence-corrected chi connectivity index (χ4v) is 3.88. The number of hydrogen-bond acceptors (Lipinski definition) is 6. The maximum absolute atomic E-state index is 13.4. The molecule has 0 unspecified atom stereocenters. The number of aromatic nitrogens is 5. The second kappa shape index (κ2) is 6.56. The summed E-state index contributed by atoms with van der Waals surface area (Å²) in [4.78, 5) is 7.63. The summed E-state index contributed by atoms with van der Waals surface area (Å²) in [6.45, 7) is 0. The van der Waals surface area contributed by atoms with E-state index in [9.17, 15) is 12.8 Å². The number of para-hydroxylation sites is 1. The van der Waals surface area contributed by atoms with Crippen LogP contribution in [-0.4, -0.2) is 33.4 Å². The average molecular weight is 405 g/mol. The molecule has 4 aromatic rings. The topological polar surface area (TPSA) is 103 Å². The molecule has 2 aromatic heterocycles. The van der Waals surface area contributed by atoms with Gasteiger partial charge in [-0.25, -0.2) is 22.5 Å². The van der Waals surface area contributed by atoms with E-state index in [1.807, 2.05) is 12.1 Å². The van der Waals surface area contributed by atoms with Crippen molar-refractivity contribution in [2.24, 2.45) is 0 Å². The third-order valence-corrected chi connectivity index (χ3v) is 5.43. The standard InChI is InChI=1S/C16H10ClFN6O2S/c17-11-6-5-10(18)9-14(11)27(25,26)22-16-19-8-7-15(20-16)24-13-4-2-1-3-12(13)21-23-24/h1-9H,(H,19,20,22). The zero-order valence-corrected chi connectivity index (χ0v) is 15.0. The van der Waals surface area contributed by atoms with Crippen LogP contribution in [0.25, 0.3) is 16.9 Å². The van der Waals surface area contributed by atoms with Crippen LogP contribution in [0, 0.1) is 5.82 Å². The quantitative estimate of drug-likeness (QED) is 0.561. The molecule has 0 saturated carbocycles. The maximum Gasteiger partial charge on any atom is 0.265 e. The van der Waals surface area contributed by atoms with Gasteiger partial charge < -0.3 is 0 Å². The van der Waals surface area contributed by atoms with E-state index in [0.717, 1.165) is 18.2 Å². The predicted molar refractivity (Wildman–Crippen MR) is 96.7 cm³/mol. The van der Waals surface area contributed by atoms with Gasteiger partial charge in [0.1, 0.15) is 16.2 Å². The van der Waals surface area contributed by atoms with Crippen molar-refractivity contribution in [2.45, 2.75) is 4.90 Å². The first-order valence-corrected chi connectivity index (χ1v) is 9.42. The molecular formula is C16H10ClFN6O2S. The summed E-state index contributed by atoms with van der Waals surface area (Å²) in [5.74, 6) is -0.641. The molecule has 136 valence electrons. The number of fused-ring (bicyclic) bond motifs is 1. The largest absolute Gasteiger partial charge is 0.265 e. The normalized spacial score (nSPS) is 11.6. The number of nitrogens with zero attached hydrogens (tertiary/aromatic N) is 5. The van der Waals surface area contributed by atoms with E-state index in [4.69, 9.17) is 11.6 Å². The molecule has 0 aliphatic heterocycles. The summed E-state index contributed by atoms with van der Waals surface area (Å²) in [7, 11) is -4.19. The molecule has 0 aliphatic carbocycles. The lowest BCUT2D eigenvalue weighted by atomic mass is 10.3. The van der Waals surface area contributed by atoms with Crippen LogP contribution >= 0.6 is 11.6 Å². The Morgan fingerprint density at radius 3 is 2.78 bits per heavy atom. The number of hydrogen-bond donors (Lipinski definition) is 1. The van der Waals surface area contributed by atoms with Crippen molar-refractivity contribution < 1.29 is 12.8 Å². The van der Waals surface area contributed by atoms with Gasteiger partial charge in [-0.1, -0.05) is 28.9 Å². The molecule has 0 bridgehead atoms. The van der Waals surface area contributed by atoms with Crippen LogP contribution in [0.4, 0.5) is 10.3 Å². The van der Waals surface area contributed by atoms with Crippen LogP contribution in [-0.2, 0) is 10.0 Å². The minimum Gasteiger partial charge on any atom is -0.247 e. The smallest absolute Gasteiger partial charge is 0.247 e. The average Bonchev–Trinajstić information content (AvgIpc) is 3.07. The third kappa shape index (κ3) is 3.32. The Morgan fingerprint density at radius 1 is 1.11 bits per heavy atom. The van der Waals surface area contributed by atoms with E-state index in [-0.39, 0.29) is 11.0 Å². The molecule has 8 nitrogen and oxygen atoms in total. The summed E-state index contributed by atoms with van der Waals surface area (Å²) in [6.07, 6.45) is 1.36. The molecule has 0 aliphatic rings. The van der Waals surface area contributed by atoms with Gasteiger partial charge in [0.05, 0.1) is 10.5 Å². The highest BCUT2D eigenvalue weighted by Crippen LogP contribution is 2.24. The van der Waals surface area contributed by atoms with E-state index in [1.165, 1.54) is 10.9 Å². The molecule has 0 fully saturated rings. The van der Waals surface area contributed by atoms with Crippen molar-refractivity contribution >= 4 is 38.6 Å². The van der Waals surface area contributed by atoms with Crippen LogP contribution in [0.1, 0.15) is 0 Å². The van der Waals surface area contributed by atoms with Gasteiger partial charge >= 0.3 is 0 Å². The summed E-state index contributed by atoms with van der Waals surface area (Å²) >= 11 is 5.88. The first kappa shape index (κ1) is 17.3. The van der Waals surface area contributed by atoms with Gasteiger partial charge in [0.25, 0.3) is 10.0 Å². The Bertz CT molecular complexity index is 1260. The number of halogens is 2. The van der Waals surface area contributed by atoms with Crippen molar-refractivity contribution in [3.63, 3.8) is 0 Å². The summed E-state index contributed by atoms with van der Waals surface area (Å²) < 4.78 is 42.1. The van der Waals surface area contributed by atoms with Crippen molar-refractivity contribution in [3.05, 3.63) is 65.6 Å². The van der Waals surface area contributed by atoms with Gasteiger partial charge in [-0.15, -0.1) is 5.10 Å². The molecule has 2 heterocycles. The van der Waals surface area contributed by atoms with Crippen molar-refractivity contribution in [1.82, 2.24) is 25.0 Å². The number of rotatable bonds is 4. The SMILES string of the molecule is O=S(=O)(Nc1nccc(-n2nnc3ccccc32)n1)c1cc(F)ccc1Cl. The monoisotopic (exact) mass is 404 g/mol. The Morgan fingerprint density at radius 2 is 1.93 bits per heavy atom. The van der Waals surface area contributed by atoms with Crippen LogP contribution in [0.15, 0.2) is 59.6 Å². The number of nitrogens with one attached hydrogen (secondary N) is 1. The van der Waals surface area contributed by atoms with E-state index in [0.29, 0.717) is 16.9 Å². The van der Waals surface area contributed by atoms with Gasteiger partial charge in [0, 0.05) is 12.3 Å². The Balaban J connectivity index is 1.72. The van der Waals surface area contributed by atoms with Gasteiger partial charge in [-0.2, -0.15) is 9.67 Å². The van der Waals surface area contributed by atoms with E-state index >= 15 is 0 Å². The van der Waals surface area contributed by atoms with Crippen LogP contribution in [0.3, 0.4) is 0 Å². The minimum atomic E-state index is -4.19. The highest BCUT2D eigenvalue weighted by atomic mass is 35.5. The van der Waals surface area contributed by atoms with Gasteiger partial charge in [0.15, 0.2) is 5.82 Å². The van der Waals surface area contributed by atoms with E-state index in [2.05, 4.69) is 25.0 Å². The molecule has 0 atom stereocenters. The van der Waals surface area contributed by atoms with Gasteiger partial charge in [0.2, 0.25) is 5.95 Å². The number of anilines is 1. The van der Waals surface area contributed by atoms with Crippen molar-refractivity contribution in [3.8, 4) is 5.82 Å². The zero-order valence-electron chi connectivity index (χ0n) is 13.4. The van der Waals surface area contributed by atoms with Gasteiger partial charge in [-0.05, 0) is 30.3 Å². The molecule has 11 heteroatoms. The van der Waals surface area contributed by atoms with Crippen molar-refractivity contribution in [1.29, 1.82) is 0 Å². The molecule has 0 saturated heterocycles. The lowest BCUT2D eigenvalue weighted by Crippen LogP contribution is -2.16. The number of sulfonamides is 1. The lowest BCUT2D eigenvalue weighted by molar-refractivity contribution is 0.595. The second-order valence-electron chi connectivity index (χ2n) is 5.41. The minimum absolute atomic E-state index is 0.123. The Kier molecular flexibility index (Phi) is 4.21. The van der Waals surface area contributed by atoms with E-state index in [1.54, 1.807) is 18.2 Å². The van der Waals surface area contributed by atoms with Crippen LogP contribution in [0.2, 0.25) is 5.02 Å². The molecule has 0 spiro atoms. The molecule has 4 rings (SSSR count). The Hall–Kier alpha value is -3.11. The van der Waals surface area contributed by atoms with E-state index < -0.39 is 20.7 Å². The van der Waals surface area contributed by atoms with Gasteiger partial charge in [-0.3, -0.25) is 0 Å². The molecule has 27 heavy (non-hydrogen) atoms. The summed E-state index contributed by atoms with van der Waals surface area (Å²) in [5, 5.41) is 7.92. The molecule has 0 amide bonds. The fourth-order valence-electron chi connectivity index (χ4n) is 2.41. The molecular weight excluding hydrogens is 395 g/mol. The first-order valence-electron chi connectivity index (χ1n) is 7.56. The molecule has 2 aromatic carbocycles. The maximum atomic E-state index is 13.4.